The van der Waals surface area contributed by atoms with Crippen LogP contribution in [0.1, 0.15) is 36.1 Å². The van der Waals surface area contributed by atoms with Crippen LogP contribution >= 0.6 is 0 Å². The highest BCUT2D eigenvalue weighted by molar-refractivity contribution is 5.94. The molecule has 2 atom stereocenters. The molecule has 0 saturated carbocycles. The summed E-state index contributed by atoms with van der Waals surface area (Å²) in [4.78, 5) is 20.5. The van der Waals surface area contributed by atoms with Gasteiger partial charge >= 0.3 is 0 Å². The highest BCUT2D eigenvalue weighted by Gasteiger charge is 2.26. The minimum Gasteiger partial charge on any atom is -0.491 e. The van der Waals surface area contributed by atoms with E-state index in [-0.39, 0.29) is 18.4 Å². The predicted octanol–water partition coefficient (Wildman–Crippen LogP) is 3.06. The Morgan fingerprint density at radius 1 is 1.09 bits per heavy atom. The molecular weight excluding hydrogens is 420 g/mol. The Labute approximate surface area is 193 Å². The van der Waals surface area contributed by atoms with Gasteiger partial charge in [-0.2, -0.15) is 4.98 Å². The maximum atomic E-state index is 11.3. The number of Topliss-reactive ketones (excluding diaryl/α,β-unsaturated/α-hetero) is 1. The minimum absolute atomic E-state index is 0.0192. The number of benzene rings is 2. The molecular formula is C25H30N4O4. The SMILES string of the molecule is CC(=O)c1ccc(OCC(O)CN2CCN(C(C)c3nc(-c4ccccc4)no3)CC2)cc1. The average molecular weight is 451 g/mol. The van der Waals surface area contributed by atoms with Crippen molar-refractivity contribution in [3.05, 3.63) is 66.1 Å². The molecule has 33 heavy (non-hydrogen) atoms. The summed E-state index contributed by atoms with van der Waals surface area (Å²) < 4.78 is 11.2. The second-order valence-corrected chi connectivity index (χ2v) is 8.38. The zero-order chi connectivity index (χ0) is 23.2. The van der Waals surface area contributed by atoms with E-state index in [9.17, 15) is 9.90 Å². The number of carbonyl (C=O) groups is 1. The van der Waals surface area contributed by atoms with Crippen LogP contribution in [0.4, 0.5) is 0 Å². The van der Waals surface area contributed by atoms with Gasteiger partial charge in [0, 0.05) is 43.9 Å². The third-order valence-corrected chi connectivity index (χ3v) is 5.96. The molecule has 1 saturated heterocycles. The average Bonchev–Trinajstić information content (AvgIpc) is 3.34. The van der Waals surface area contributed by atoms with Crippen LogP contribution in [0.15, 0.2) is 59.1 Å². The highest BCUT2D eigenvalue weighted by Crippen LogP contribution is 2.23. The quantitative estimate of drug-likeness (QED) is 0.498. The first-order valence-corrected chi connectivity index (χ1v) is 11.3. The van der Waals surface area contributed by atoms with Gasteiger partial charge in [-0.05, 0) is 38.1 Å². The van der Waals surface area contributed by atoms with Crippen LogP contribution < -0.4 is 4.74 Å². The number of aliphatic hydroxyl groups is 1. The van der Waals surface area contributed by atoms with Gasteiger partial charge in [-0.3, -0.25) is 14.6 Å². The van der Waals surface area contributed by atoms with Gasteiger partial charge in [-0.1, -0.05) is 35.5 Å². The Morgan fingerprint density at radius 3 is 2.45 bits per heavy atom. The molecule has 0 bridgehead atoms. The summed E-state index contributed by atoms with van der Waals surface area (Å²) in [5, 5.41) is 14.5. The molecule has 0 radical (unpaired) electrons. The first kappa shape index (κ1) is 23.1. The van der Waals surface area contributed by atoms with E-state index in [0.29, 0.717) is 29.6 Å². The number of carbonyl (C=O) groups excluding carboxylic acids is 1. The van der Waals surface area contributed by atoms with Crippen LogP contribution in [0.2, 0.25) is 0 Å². The fourth-order valence-electron chi connectivity index (χ4n) is 3.93. The van der Waals surface area contributed by atoms with E-state index < -0.39 is 6.10 Å². The van der Waals surface area contributed by atoms with Crippen molar-refractivity contribution in [1.82, 2.24) is 19.9 Å². The molecule has 0 aliphatic carbocycles. The first-order chi connectivity index (χ1) is 16.0. The van der Waals surface area contributed by atoms with Crippen LogP contribution in [-0.2, 0) is 0 Å². The molecule has 4 rings (SSSR count). The molecule has 1 fully saturated rings. The minimum atomic E-state index is -0.592. The summed E-state index contributed by atoms with van der Waals surface area (Å²) in [5.41, 5.74) is 1.59. The molecule has 2 aromatic carbocycles. The number of aromatic nitrogens is 2. The molecule has 8 heteroatoms. The lowest BCUT2D eigenvalue weighted by Gasteiger charge is -2.37. The summed E-state index contributed by atoms with van der Waals surface area (Å²) in [6, 6.07) is 16.8. The number of ether oxygens (including phenoxy) is 1. The van der Waals surface area contributed by atoms with Gasteiger partial charge in [0.25, 0.3) is 0 Å². The summed E-state index contributed by atoms with van der Waals surface area (Å²) >= 11 is 0. The van der Waals surface area contributed by atoms with E-state index in [0.717, 1.165) is 31.7 Å². The van der Waals surface area contributed by atoms with E-state index in [1.165, 1.54) is 6.92 Å². The maximum Gasteiger partial charge on any atom is 0.244 e. The van der Waals surface area contributed by atoms with E-state index in [1.807, 2.05) is 30.3 Å². The highest BCUT2D eigenvalue weighted by atomic mass is 16.5. The lowest BCUT2D eigenvalue weighted by molar-refractivity contribution is 0.0343. The van der Waals surface area contributed by atoms with Crippen molar-refractivity contribution in [2.24, 2.45) is 0 Å². The van der Waals surface area contributed by atoms with E-state index in [1.54, 1.807) is 24.3 Å². The molecule has 2 unspecified atom stereocenters. The van der Waals surface area contributed by atoms with Crippen LogP contribution in [0.5, 0.6) is 5.75 Å². The van der Waals surface area contributed by atoms with Crippen molar-refractivity contribution in [1.29, 1.82) is 0 Å². The molecule has 1 aliphatic heterocycles. The fourth-order valence-corrected chi connectivity index (χ4v) is 3.93. The molecule has 8 nitrogen and oxygen atoms in total. The van der Waals surface area contributed by atoms with Gasteiger partial charge in [0.2, 0.25) is 11.7 Å². The standard InChI is InChI=1S/C25H30N4O4/c1-18(25-26-24(27-33-25)21-6-4-3-5-7-21)29-14-12-28(13-15-29)16-22(31)17-32-23-10-8-20(9-11-23)19(2)30/h3-11,18,22,31H,12-17H2,1-2H3. The molecule has 1 N–H and O–H groups in total. The molecule has 0 amide bonds. The summed E-state index contributed by atoms with van der Waals surface area (Å²) in [5.74, 6) is 1.89. The summed E-state index contributed by atoms with van der Waals surface area (Å²) in [6.07, 6.45) is -0.592. The maximum absolute atomic E-state index is 11.3. The van der Waals surface area contributed by atoms with Gasteiger partial charge in [-0.15, -0.1) is 0 Å². The zero-order valence-corrected chi connectivity index (χ0v) is 19.1. The fraction of sp³-hybridized carbons (Fsp3) is 0.400. The monoisotopic (exact) mass is 450 g/mol. The molecule has 0 spiro atoms. The summed E-state index contributed by atoms with van der Waals surface area (Å²) in [6.45, 7) is 7.76. The lowest BCUT2D eigenvalue weighted by Crippen LogP contribution is -2.49. The normalized spacial score (nSPS) is 16.9. The number of hydrogen-bond acceptors (Lipinski definition) is 8. The van der Waals surface area contributed by atoms with Gasteiger partial charge in [0.1, 0.15) is 18.5 Å². The van der Waals surface area contributed by atoms with E-state index in [4.69, 9.17) is 9.26 Å². The van der Waals surface area contributed by atoms with Gasteiger partial charge in [0.05, 0.1) is 6.04 Å². The second kappa shape index (κ2) is 10.7. The Bertz CT molecular complexity index is 1030. The summed E-state index contributed by atoms with van der Waals surface area (Å²) in [7, 11) is 0. The molecule has 1 aromatic heterocycles. The number of β-amino-alcohol motifs (C(OH)–C–C–N with tert-alkyl or cyclic N) is 1. The number of aliphatic hydroxyl groups excluding tert-OH is 1. The van der Waals surface area contributed by atoms with E-state index >= 15 is 0 Å². The lowest BCUT2D eigenvalue weighted by atomic mass is 10.1. The number of nitrogens with zero attached hydrogens (tertiary/aromatic N) is 4. The van der Waals surface area contributed by atoms with Crippen LogP contribution in [0.3, 0.4) is 0 Å². The zero-order valence-electron chi connectivity index (χ0n) is 19.1. The van der Waals surface area contributed by atoms with E-state index in [2.05, 4.69) is 26.9 Å². The van der Waals surface area contributed by atoms with Gasteiger partial charge < -0.3 is 14.4 Å². The number of hydrogen-bond donors (Lipinski definition) is 1. The van der Waals surface area contributed by atoms with Crippen LogP contribution in [-0.4, -0.2) is 76.3 Å². The van der Waals surface area contributed by atoms with Crippen LogP contribution in [0.25, 0.3) is 11.4 Å². The van der Waals surface area contributed by atoms with Crippen molar-refractivity contribution in [3.8, 4) is 17.1 Å². The van der Waals surface area contributed by atoms with Gasteiger partial charge in [0.15, 0.2) is 5.78 Å². The van der Waals surface area contributed by atoms with Crippen molar-refractivity contribution >= 4 is 5.78 Å². The Balaban J connectivity index is 1.21. The second-order valence-electron chi connectivity index (χ2n) is 8.38. The first-order valence-electron chi connectivity index (χ1n) is 11.3. The largest absolute Gasteiger partial charge is 0.491 e. The molecule has 1 aliphatic rings. The molecule has 2 heterocycles. The third kappa shape index (κ3) is 6.04. The number of piperazine rings is 1. The van der Waals surface area contributed by atoms with Crippen molar-refractivity contribution in [2.75, 3.05) is 39.3 Å². The van der Waals surface area contributed by atoms with Gasteiger partial charge in [-0.25, -0.2) is 0 Å². The Hall–Kier alpha value is -3.07. The van der Waals surface area contributed by atoms with Crippen molar-refractivity contribution < 1.29 is 19.2 Å². The predicted molar refractivity (Wildman–Crippen MR) is 124 cm³/mol. The number of rotatable bonds is 9. The number of ketones is 1. The van der Waals surface area contributed by atoms with Crippen molar-refractivity contribution in [3.63, 3.8) is 0 Å². The van der Waals surface area contributed by atoms with Crippen molar-refractivity contribution in [2.45, 2.75) is 26.0 Å². The molecule has 174 valence electrons. The smallest absolute Gasteiger partial charge is 0.244 e. The molecule has 3 aromatic rings. The Morgan fingerprint density at radius 2 is 1.79 bits per heavy atom. The topological polar surface area (TPSA) is 91.9 Å². The third-order valence-electron chi connectivity index (χ3n) is 5.96. The Kier molecular flexibility index (Phi) is 7.49. The van der Waals surface area contributed by atoms with Crippen LogP contribution in [0, 0.1) is 0 Å².